The van der Waals surface area contributed by atoms with E-state index in [-0.39, 0.29) is 18.4 Å². The molecule has 0 aromatic carbocycles. The van der Waals surface area contributed by atoms with Crippen LogP contribution in [0.1, 0.15) is 34.6 Å². The van der Waals surface area contributed by atoms with Crippen molar-refractivity contribution >= 4 is 11.8 Å². The number of carbonyl (C=O) groups excluding carboxylic acids is 2. The van der Waals surface area contributed by atoms with Crippen molar-refractivity contribution in [3.8, 4) is 0 Å². The number of nitrogens with zero attached hydrogens (tertiary/aromatic N) is 1. The number of nitrogens with one attached hydrogen (secondary N) is 1. The van der Waals surface area contributed by atoms with Crippen LogP contribution in [0.4, 0.5) is 0 Å². The quantitative estimate of drug-likeness (QED) is 0.759. The van der Waals surface area contributed by atoms with Gasteiger partial charge in [-0.15, -0.1) is 0 Å². The number of likely N-dealkylation sites (N-methyl/N-ethyl adjacent to an activating group) is 1. The Bertz CT molecular complexity index is 227. The molecule has 0 rings (SSSR count). The van der Waals surface area contributed by atoms with Gasteiger partial charge in [0.2, 0.25) is 11.8 Å². The summed E-state index contributed by atoms with van der Waals surface area (Å²) in [5.74, 6) is -0.124. The van der Waals surface area contributed by atoms with E-state index in [4.69, 9.17) is 0 Å². The molecule has 0 aliphatic heterocycles. The molecule has 0 bridgehead atoms. The van der Waals surface area contributed by atoms with Gasteiger partial charge < -0.3 is 10.2 Å². The maximum absolute atomic E-state index is 11.5. The molecule has 0 unspecified atom stereocenters. The molecule has 0 aliphatic carbocycles. The molecule has 0 saturated heterocycles. The Morgan fingerprint density at radius 2 is 1.60 bits per heavy atom. The van der Waals surface area contributed by atoms with E-state index in [0.29, 0.717) is 13.1 Å². The maximum atomic E-state index is 11.5. The summed E-state index contributed by atoms with van der Waals surface area (Å²) in [6.07, 6.45) is 0. The molecule has 88 valence electrons. The maximum Gasteiger partial charge on any atom is 0.241 e. The zero-order chi connectivity index (χ0) is 12.1. The van der Waals surface area contributed by atoms with Crippen LogP contribution in [0, 0.1) is 5.41 Å². The highest BCUT2D eigenvalue weighted by Gasteiger charge is 2.22. The molecule has 2 amide bonds. The number of carbonyl (C=O) groups is 2. The minimum Gasteiger partial charge on any atom is -0.347 e. The predicted molar refractivity (Wildman–Crippen MR) is 60.4 cm³/mol. The van der Waals surface area contributed by atoms with Crippen LogP contribution in [0.15, 0.2) is 0 Å². The number of hydrogen-bond acceptors (Lipinski definition) is 2. The van der Waals surface area contributed by atoms with Crippen molar-refractivity contribution < 1.29 is 9.59 Å². The second kappa shape index (κ2) is 5.73. The summed E-state index contributed by atoms with van der Waals surface area (Å²) in [4.78, 5) is 24.7. The van der Waals surface area contributed by atoms with E-state index in [2.05, 4.69) is 5.32 Å². The van der Waals surface area contributed by atoms with Gasteiger partial charge in [-0.1, -0.05) is 20.8 Å². The smallest absolute Gasteiger partial charge is 0.241 e. The number of rotatable bonds is 4. The SMILES string of the molecule is CCN(CC)C(=O)CNC(=O)C(C)(C)C. The summed E-state index contributed by atoms with van der Waals surface area (Å²) >= 11 is 0. The summed E-state index contributed by atoms with van der Waals surface area (Å²) in [5.41, 5.74) is -0.441. The van der Waals surface area contributed by atoms with Gasteiger partial charge >= 0.3 is 0 Å². The largest absolute Gasteiger partial charge is 0.347 e. The molecule has 0 radical (unpaired) electrons. The highest BCUT2D eigenvalue weighted by atomic mass is 16.2. The standard InChI is InChI=1S/C11H22N2O2/c1-6-13(7-2)9(14)8-12-10(15)11(3,4)5/h6-8H2,1-5H3,(H,12,15). The zero-order valence-corrected chi connectivity index (χ0v) is 10.4. The van der Waals surface area contributed by atoms with E-state index in [9.17, 15) is 9.59 Å². The highest BCUT2D eigenvalue weighted by Crippen LogP contribution is 2.11. The van der Waals surface area contributed by atoms with Crippen LogP contribution >= 0.6 is 0 Å². The van der Waals surface area contributed by atoms with Crippen molar-refractivity contribution in [2.75, 3.05) is 19.6 Å². The first-order valence-corrected chi connectivity index (χ1v) is 5.39. The Morgan fingerprint density at radius 3 is 1.93 bits per heavy atom. The minimum atomic E-state index is -0.441. The van der Waals surface area contributed by atoms with Gasteiger partial charge in [-0.3, -0.25) is 9.59 Å². The van der Waals surface area contributed by atoms with Gasteiger partial charge in [0, 0.05) is 18.5 Å². The topological polar surface area (TPSA) is 49.4 Å². The average molecular weight is 214 g/mol. The van der Waals surface area contributed by atoms with Gasteiger partial charge in [-0.05, 0) is 13.8 Å². The van der Waals surface area contributed by atoms with Crippen LogP contribution in [0.5, 0.6) is 0 Å². The molecule has 0 saturated carbocycles. The van der Waals surface area contributed by atoms with Crippen LogP contribution in [-0.2, 0) is 9.59 Å². The predicted octanol–water partition coefficient (Wildman–Crippen LogP) is 1.02. The fraction of sp³-hybridized carbons (Fsp3) is 0.818. The molecule has 0 spiro atoms. The second-order valence-electron chi connectivity index (χ2n) is 4.50. The third-order valence-corrected chi connectivity index (χ3v) is 2.20. The Kier molecular flexibility index (Phi) is 5.33. The Morgan fingerprint density at radius 1 is 1.13 bits per heavy atom. The second-order valence-corrected chi connectivity index (χ2v) is 4.50. The summed E-state index contributed by atoms with van der Waals surface area (Å²) in [5, 5.41) is 2.64. The lowest BCUT2D eigenvalue weighted by molar-refractivity contribution is -0.135. The third kappa shape index (κ3) is 4.81. The van der Waals surface area contributed by atoms with Gasteiger partial charge in [0.1, 0.15) is 0 Å². The van der Waals surface area contributed by atoms with E-state index >= 15 is 0 Å². The van der Waals surface area contributed by atoms with E-state index < -0.39 is 5.41 Å². The molecule has 0 heterocycles. The molecule has 0 aromatic rings. The van der Waals surface area contributed by atoms with E-state index in [1.165, 1.54) is 0 Å². The summed E-state index contributed by atoms with van der Waals surface area (Å²) in [6, 6.07) is 0. The fourth-order valence-electron chi connectivity index (χ4n) is 1.11. The molecule has 4 heteroatoms. The fourth-order valence-corrected chi connectivity index (χ4v) is 1.11. The Balaban J connectivity index is 4.06. The van der Waals surface area contributed by atoms with Crippen molar-refractivity contribution in [1.82, 2.24) is 10.2 Å². The van der Waals surface area contributed by atoms with Crippen LogP contribution in [0.3, 0.4) is 0 Å². The molecular weight excluding hydrogens is 192 g/mol. The first kappa shape index (κ1) is 13.9. The van der Waals surface area contributed by atoms with Crippen LogP contribution in [0.25, 0.3) is 0 Å². The lowest BCUT2D eigenvalue weighted by Gasteiger charge is -2.21. The van der Waals surface area contributed by atoms with Crippen LogP contribution in [0.2, 0.25) is 0 Å². The van der Waals surface area contributed by atoms with E-state index in [0.717, 1.165) is 0 Å². The summed E-state index contributed by atoms with van der Waals surface area (Å²) in [6.45, 7) is 10.8. The average Bonchev–Trinajstić information content (AvgIpc) is 2.14. The van der Waals surface area contributed by atoms with Gasteiger partial charge in [0.25, 0.3) is 0 Å². The number of amides is 2. The number of hydrogen-bond donors (Lipinski definition) is 1. The Labute approximate surface area is 92.0 Å². The van der Waals surface area contributed by atoms with Crippen molar-refractivity contribution in [2.24, 2.45) is 5.41 Å². The van der Waals surface area contributed by atoms with Gasteiger partial charge in [0.15, 0.2) is 0 Å². The first-order chi connectivity index (χ1) is 6.82. The molecule has 0 fully saturated rings. The molecular formula is C11H22N2O2. The van der Waals surface area contributed by atoms with Gasteiger partial charge in [-0.2, -0.15) is 0 Å². The van der Waals surface area contributed by atoms with Gasteiger partial charge in [-0.25, -0.2) is 0 Å². The van der Waals surface area contributed by atoms with Crippen LogP contribution in [-0.4, -0.2) is 36.3 Å². The monoisotopic (exact) mass is 214 g/mol. The highest BCUT2D eigenvalue weighted by molar-refractivity contribution is 5.87. The van der Waals surface area contributed by atoms with Crippen molar-refractivity contribution in [1.29, 1.82) is 0 Å². The molecule has 4 nitrogen and oxygen atoms in total. The minimum absolute atomic E-state index is 0.0300. The third-order valence-electron chi connectivity index (χ3n) is 2.20. The zero-order valence-electron chi connectivity index (χ0n) is 10.4. The lowest BCUT2D eigenvalue weighted by atomic mass is 9.96. The summed E-state index contributed by atoms with van der Waals surface area (Å²) < 4.78 is 0. The summed E-state index contributed by atoms with van der Waals surface area (Å²) in [7, 11) is 0. The molecule has 0 aromatic heterocycles. The van der Waals surface area contributed by atoms with Gasteiger partial charge in [0.05, 0.1) is 6.54 Å². The lowest BCUT2D eigenvalue weighted by Crippen LogP contribution is -2.43. The molecule has 15 heavy (non-hydrogen) atoms. The normalized spacial score (nSPS) is 11.0. The first-order valence-electron chi connectivity index (χ1n) is 5.39. The van der Waals surface area contributed by atoms with Crippen molar-refractivity contribution in [2.45, 2.75) is 34.6 Å². The van der Waals surface area contributed by atoms with Crippen LogP contribution < -0.4 is 5.32 Å². The van der Waals surface area contributed by atoms with E-state index in [1.807, 2.05) is 34.6 Å². The molecule has 1 N–H and O–H groups in total. The molecule has 0 atom stereocenters. The van der Waals surface area contributed by atoms with Crippen molar-refractivity contribution in [3.05, 3.63) is 0 Å². The van der Waals surface area contributed by atoms with Crippen molar-refractivity contribution in [3.63, 3.8) is 0 Å². The van der Waals surface area contributed by atoms with E-state index in [1.54, 1.807) is 4.90 Å². The Hall–Kier alpha value is -1.06. The molecule has 0 aliphatic rings.